The van der Waals surface area contributed by atoms with Gasteiger partial charge >= 0.3 is 6.09 Å². The summed E-state index contributed by atoms with van der Waals surface area (Å²) < 4.78 is 0. The van der Waals surface area contributed by atoms with Crippen LogP contribution in [0.3, 0.4) is 0 Å². The summed E-state index contributed by atoms with van der Waals surface area (Å²) in [5, 5.41) is 13.9. The van der Waals surface area contributed by atoms with E-state index in [2.05, 4.69) is 80.9 Å². The standard InChI is InChI=1S/C43H50N8O4S/c1-25(2)38(49-43(54)55)42(53)51-18-4-6-36(51)40-46-24-34(48-40)32-14-13-30-21-29(11-12-31(30)22-32)26-7-9-27(10-8-26)33-23-45-39(47-33)35-5-3-17-50(35)41(52)37(44)28-15-19-56-20-16-28/h7-14,21-25,28,35-38,49H,3-6,15-20,44H2,1-2H3,(H,45,47)(H,46,48)(H,54,55)/t35-,36-,37-,38-/m0/s1. The molecule has 0 unspecified atom stereocenters. The number of fused-ring (bicyclic) bond motifs is 1. The number of aromatic nitrogens is 4. The van der Waals surface area contributed by atoms with Crippen molar-refractivity contribution in [3.63, 3.8) is 0 Å². The zero-order valence-corrected chi connectivity index (χ0v) is 32.7. The van der Waals surface area contributed by atoms with Gasteiger partial charge in [0.2, 0.25) is 11.8 Å². The van der Waals surface area contributed by atoms with E-state index < -0.39 is 18.2 Å². The van der Waals surface area contributed by atoms with E-state index in [0.717, 1.165) is 107 Å². The van der Waals surface area contributed by atoms with E-state index in [9.17, 15) is 19.5 Å². The third-order valence-electron chi connectivity index (χ3n) is 11.8. The summed E-state index contributed by atoms with van der Waals surface area (Å²) in [6, 6.07) is 19.7. The van der Waals surface area contributed by atoms with Crippen molar-refractivity contribution in [2.75, 3.05) is 24.6 Å². The topological polar surface area (TPSA) is 173 Å². The van der Waals surface area contributed by atoms with Gasteiger partial charge in [0.1, 0.15) is 17.7 Å². The molecule has 292 valence electrons. The minimum absolute atomic E-state index is 0.0594. The van der Waals surface area contributed by atoms with E-state index in [-0.39, 0.29) is 35.7 Å². The molecule has 6 N–H and O–H groups in total. The van der Waals surface area contributed by atoms with E-state index >= 15 is 0 Å². The Morgan fingerprint density at radius 1 is 0.750 bits per heavy atom. The Kier molecular flexibility index (Phi) is 10.9. The first-order valence-corrected chi connectivity index (χ1v) is 21.0. The second-order valence-corrected chi connectivity index (χ2v) is 17.0. The average molecular weight is 775 g/mol. The number of benzene rings is 3. The summed E-state index contributed by atoms with van der Waals surface area (Å²) in [6.45, 7) is 4.97. The molecule has 0 spiro atoms. The monoisotopic (exact) mass is 774 g/mol. The minimum Gasteiger partial charge on any atom is -0.465 e. The number of H-pyrrole nitrogens is 2. The lowest BCUT2D eigenvalue weighted by atomic mass is 9.93. The number of thioether (sulfide) groups is 1. The van der Waals surface area contributed by atoms with Crippen LogP contribution in [0.15, 0.2) is 73.1 Å². The van der Waals surface area contributed by atoms with Crippen LogP contribution in [0.5, 0.6) is 0 Å². The van der Waals surface area contributed by atoms with Gasteiger partial charge in [-0.1, -0.05) is 62.4 Å². The zero-order chi connectivity index (χ0) is 38.9. The first-order valence-electron chi connectivity index (χ1n) is 19.8. The van der Waals surface area contributed by atoms with Gasteiger partial charge in [0.15, 0.2) is 0 Å². The number of nitrogens with zero attached hydrogens (tertiary/aromatic N) is 4. The molecule has 0 radical (unpaired) electrons. The highest BCUT2D eigenvalue weighted by Gasteiger charge is 2.38. The summed E-state index contributed by atoms with van der Waals surface area (Å²) in [4.78, 5) is 58.4. The van der Waals surface area contributed by atoms with Crippen LogP contribution in [0.25, 0.3) is 44.4 Å². The normalized spacial score (nSPS) is 20.1. The van der Waals surface area contributed by atoms with Crippen LogP contribution in [0.2, 0.25) is 0 Å². The van der Waals surface area contributed by atoms with Crippen LogP contribution in [-0.4, -0.2) is 89.4 Å². The van der Waals surface area contributed by atoms with E-state index in [1.54, 1.807) is 4.90 Å². The Morgan fingerprint density at radius 2 is 1.27 bits per heavy atom. The molecular weight excluding hydrogens is 725 g/mol. The summed E-state index contributed by atoms with van der Waals surface area (Å²) in [6.07, 6.45) is 7.91. The maximum atomic E-state index is 13.5. The number of hydrogen-bond acceptors (Lipinski definition) is 7. The number of aromatic amines is 2. The van der Waals surface area contributed by atoms with Crippen LogP contribution in [0.4, 0.5) is 4.79 Å². The Balaban J connectivity index is 0.935. The number of imidazole rings is 2. The molecule has 0 bridgehead atoms. The van der Waals surface area contributed by atoms with Crippen molar-refractivity contribution >= 4 is 40.4 Å². The summed E-state index contributed by atoms with van der Waals surface area (Å²) in [5.74, 6) is 3.61. The van der Waals surface area contributed by atoms with Crippen molar-refractivity contribution in [3.05, 3.63) is 84.7 Å². The number of nitrogens with one attached hydrogen (secondary N) is 3. The Hall–Kier alpha value is -5.14. The van der Waals surface area contributed by atoms with Gasteiger partial charge in [-0.2, -0.15) is 11.8 Å². The van der Waals surface area contributed by atoms with Crippen molar-refractivity contribution in [1.82, 2.24) is 35.1 Å². The first-order chi connectivity index (χ1) is 27.1. The maximum absolute atomic E-state index is 13.5. The predicted molar refractivity (Wildman–Crippen MR) is 220 cm³/mol. The smallest absolute Gasteiger partial charge is 0.405 e. The van der Waals surface area contributed by atoms with E-state index in [1.807, 2.05) is 42.9 Å². The van der Waals surface area contributed by atoms with Gasteiger partial charge in [0.05, 0.1) is 41.9 Å². The van der Waals surface area contributed by atoms with Crippen molar-refractivity contribution in [2.24, 2.45) is 17.6 Å². The third kappa shape index (κ3) is 7.66. The Bertz CT molecular complexity index is 2210. The van der Waals surface area contributed by atoms with E-state index in [0.29, 0.717) is 12.4 Å². The highest BCUT2D eigenvalue weighted by atomic mass is 32.2. The van der Waals surface area contributed by atoms with E-state index in [1.165, 1.54) is 0 Å². The van der Waals surface area contributed by atoms with Gasteiger partial charge in [-0.05, 0) is 101 Å². The van der Waals surface area contributed by atoms with Gasteiger partial charge in [-0.25, -0.2) is 14.8 Å². The number of carboxylic acid groups (broad SMARTS) is 1. The number of nitrogens with two attached hydrogens (primary N) is 1. The Morgan fingerprint density at radius 3 is 1.86 bits per heavy atom. The lowest BCUT2D eigenvalue weighted by Gasteiger charge is -2.31. The lowest BCUT2D eigenvalue weighted by Crippen LogP contribution is -2.50. The summed E-state index contributed by atoms with van der Waals surface area (Å²) >= 11 is 1.95. The molecule has 3 aliphatic rings. The number of carbonyl (C=O) groups is 3. The number of hydrogen-bond donors (Lipinski definition) is 5. The predicted octanol–water partition coefficient (Wildman–Crippen LogP) is 7.38. The van der Waals surface area contributed by atoms with Crippen LogP contribution >= 0.6 is 11.8 Å². The largest absolute Gasteiger partial charge is 0.465 e. The van der Waals surface area contributed by atoms with Crippen molar-refractivity contribution < 1.29 is 19.5 Å². The molecule has 3 saturated heterocycles. The summed E-state index contributed by atoms with van der Waals surface area (Å²) in [7, 11) is 0. The van der Waals surface area contributed by atoms with E-state index in [4.69, 9.17) is 10.7 Å². The highest BCUT2D eigenvalue weighted by Crippen LogP contribution is 2.36. The van der Waals surface area contributed by atoms with Crippen LogP contribution < -0.4 is 11.1 Å². The van der Waals surface area contributed by atoms with Crippen LogP contribution in [-0.2, 0) is 9.59 Å². The number of likely N-dealkylation sites (tertiary alicyclic amines) is 2. The first kappa shape index (κ1) is 37.8. The summed E-state index contributed by atoms with van der Waals surface area (Å²) in [5.41, 5.74) is 12.6. The molecule has 5 aromatic rings. The Labute approximate surface area is 331 Å². The van der Waals surface area contributed by atoms with Crippen LogP contribution in [0, 0.1) is 11.8 Å². The highest BCUT2D eigenvalue weighted by molar-refractivity contribution is 7.99. The lowest BCUT2D eigenvalue weighted by molar-refractivity contribution is -0.136. The molecule has 2 aromatic heterocycles. The molecule has 4 atom stereocenters. The molecule has 13 heteroatoms. The maximum Gasteiger partial charge on any atom is 0.405 e. The minimum atomic E-state index is -1.20. The van der Waals surface area contributed by atoms with Gasteiger partial charge in [0.25, 0.3) is 0 Å². The van der Waals surface area contributed by atoms with Gasteiger partial charge < -0.3 is 35.9 Å². The molecule has 3 fully saturated rings. The fourth-order valence-corrected chi connectivity index (χ4v) is 9.81. The zero-order valence-electron chi connectivity index (χ0n) is 31.9. The number of amides is 3. The average Bonchev–Trinajstić information content (AvgIpc) is 4.06. The van der Waals surface area contributed by atoms with Gasteiger partial charge in [-0.15, -0.1) is 0 Å². The molecular formula is C43H50N8O4S. The molecule has 12 nitrogen and oxygen atoms in total. The molecule has 3 aliphatic heterocycles. The van der Waals surface area contributed by atoms with Gasteiger partial charge in [-0.3, -0.25) is 9.59 Å². The van der Waals surface area contributed by atoms with Crippen molar-refractivity contribution in [3.8, 4) is 33.6 Å². The van der Waals surface area contributed by atoms with Crippen LogP contribution in [0.1, 0.15) is 76.1 Å². The third-order valence-corrected chi connectivity index (χ3v) is 12.9. The second kappa shape index (κ2) is 16.1. The van der Waals surface area contributed by atoms with Crippen molar-refractivity contribution in [1.29, 1.82) is 0 Å². The quantitative estimate of drug-likeness (QED) is 0.0978. The van der Waals surface area contributed by atoms with Gasteiger partial charge in [0, 0.05) is 18.7 Å². The van der Waals surface area contributed by atoms with Crippen molar-refractivity contribution in [2.45, 2.75) is 76.5 Å². The number of carbonyl (C=O) groups excluding carboxylic acids is 2. The molecule has 5 heterocycles. The fraction of sp³-hybridized carbons (Fsp3) is 0.419. The molecule has 0 aliphatic carbocycles. The molecule has 56 heavy (non-hydrogen) atoms. The molecule has 3 aromatic carbocycles. The molecule has 8 rings (SSSR count). The molecule has 0 saturated carbocycles. The second-order valence-electron chi connectivity index (χ2n) is 15.7. The number of rotatable bonds is 10. The molecule has 3 amide bonds. The SMILES string of the molecule is CC(C)[C@H](NC(=O)O)C(=O)N1CCC[C@H]1c1ncc(-c2ccc3cc(-c4ccc(-c5cnc([C@@H]6CCCN6C(=O)[C@@H](N)C6CCSCC6)[nH]5)cc4)ccc3c2)[nH]1. The fourth-order valence-electron chi connectivity index (χ4n) is 8.66.